The molecule has 96 valence electrons. The third kappa shape index (κ3) is 1.98. The van der Waals surface area contributed by atoms with Gasteiger partial charge in [-0.1, -0.05) is 12.1 Å². The van der Waals surface area contributed by atoms with Gasteiger partial charge >= 0.3 is 0 Å². The average Bonchev–Trinajstić information content (AvgIpc) is 2.66. The first kappa shape index (κ1) is 11.6. The van der Waals surface area contributed by atoms with Gasteiger partial charge in [-0.05, 0) is 24.6 Å². The molecule has 1 aromatic heterocycles. The summed E-state index contributed by atoms with van der Waals surface area (Å²) in [6, 6.07) is 6.37. The number of hydrogen-bond donors (Lipinski definition) is 2. The van der Waals surface area contributed by atoms with Crippen LogP contribution < -0.4 is 10.1 Å². The second-order valence-corrected chi connectivity index (χ2v) is 4.56. The third-order valence-corrected chi connectivity index (χ3v) is 3.45. The molecule has 18 heavy (non-hydrogen) atoms. The molecule has 1 aliphatic rings. The van der Waals surface area contributed by atoms with Gasteiger partial charge in [0.1, 0.15) is 5.75 Å². The fraction of sp³-hybridized carbons (Fsp3) is 0.429. The van der Waals surface area contributed by atoms with Gasteiger partial charge in [-0.3, -0.25) is 0 Å². The van der Waals surface area contributed by atoms with Crippen LogP contribution in [0.1, 0.15) is 18.0 Å². The number of aromatic amines is 1. The summed E-state index contributed by atoms with van der Waals surface area (Å²) in [5.41, 5.74) is 2.31. The van der Waals surface area contributed by atoms with Crippen LogP contribution in [0.5, 0.6) is 5.75 Å². The molecule has 3 rings (SSSR count). The maximum absolute atomic E-state index is 5.63. The molecule has 1 unspecified atom stereocenters. The zero-order chi connectivity index (χ0) is 12.4. The Morgan fingerprint density at radius 3 is 3.22 bits per heavy atom. The van der Waals surface area contributed by atoms with Gasteiger partial charge in [-0.15, -0.1) is 0 Å². The molecule has 1 aromatic carbocycles. The van der Waals surface area contributed by atoms with Gasteiger partial charge in [0, 0.05) is 18.2 Å². The van der Waals surface area contributed by atoms with Crippen LogP contribution in [0.4, 0.5) is 0 Å². The van der Waals surface area contributed by atoms with Crippen molar-refractivity contribution in [1.29, 1.82) is 0 Å². The molecule has 4 nitrogen and oxygen atoms in total. The highest BCUT2D eigenvalue weighted by Crippen LogP contribution is 2.30. The quantitative estimate of drug-likeness (QED) is 0.854. The summed E-state index contributed by atoms with van der Waals surface area (Å²) in [5.74, 6) is 0.883. The number of H-pyrrole nitrogens is 1. The van der Waals surface area contributed by atoms with E-state index >= 15 is 0 Å². The fourth-order valence-electron chi connectivity index (χ4n) is 2.52. The Hall–Kier alpha value is -1.52. The molecule has 1 fully saturated rings. The topological polar surface area (TPSA) is 46.3 Å². The molecule has 0 radical (unpaired) electrons. The second kappa shape index (κ2) is 5.00. The van der Waals surface area contributed by atoms with Crippen LogP contribution >= 0.6 is 0 Å². The first-order valence-electron chi connectivity index (χ1n) is 6.35. The van der Waals surface area contributed by atoms with Gasteiger partial charge in [0.05, 0.1) is 25.3 Å². The molecule has 1 saturated heterocycles. The van der Waals surface area contributed by atoms with Crippen LogP contribution in [-0.4, -0.2) is 31.9 Å². The van der Waals surface area contributed by atoms with Gasteiger partial charge in [0.2, 0.25) is 0 Å². The number of fused-ring (bicyclic) bond motifs is 1. The molecule has 0 spiro atoms. The normalized spacial score (nSPS) is 20.8. The molecule has 0 saturated carbocycles. The summed E-state index contributed by atoms with van der Waals surface area (Å²) in [6.45, 7) is 2.57. The molecule has 1 atom stereocenters. The summed E-state index contributed by atoms with van der Waals surface area (Å²) in [6.07, 6.45) is 3.13. The maximum Gasteiger partial charge on any atom is 0.142 e. The molecule has 1 aliphatic heterocycles. The predicted octanol–water partition coefficient (Wildman–Crippen LogP) is 2.23. The molecule has 2 aromatic rings. The molecular weight excluding hydrogens is 228 g/mol. The van der Waals surface area contributed by atoms with E-state index < -0.39 is 0 Å². The lowest BCUT2D eigenvalue weighted by Gasteiger charge is -2.14. The molecule has 0 bridgehead atoms. The van der Waals surface area contributed by atoms with Crippen molar-refractivity contribution in [3.8, 4) is 5.75 Å². The van der Waals surface area contributed by atoms with Crippen molar-refractivity contribution in [2.24, 2.45) is 0 Å². The van der Waals surface area contributed by atoms with Crippen molar-refractivity contribution in [3.63, 3.8) is 0 Å². The summed E-state index contributed by atoms with van der Waals surface area (Å²) >= 11 is 0. The third-order valence-electron chi connectivity index (χ3n) is 3.45. The van der Waals surface area contributed by atoms with Gasteiger partial charge < -0.3 is 19.8 Å². The Labute approximate surface area is 106 Å². The number of aromatic nitrogens is 1. The Morgan fingerprint density at radius 2 is 2.33 bits per heavy atom. The van der Waals surface area contributed by atoms with E-state index in [0.717, 1.165) is 37.4 Å². The highest BCUT2D eigenvalue weighted by molar-refractivity contribution is 5.88. The lowest BCUT2D eigenvalue weighted by Crippen LogP contribution is -2.23. The number of para-hydroxylation sites is 1. The zero-order valence-corrected chi connectivity index (χ0v) is 10.5. The van der Waals surface area contributed by atoms with E-state index in [4.69, 9.17) is 9.47 Å². The number of ether oxygens (including phenoxy) is 2. The van der Waals surface area contributed by atoms with E-state index in [1.807, 2.05) is 12.1 Å². The standard InChI is InChI=1S/C14H18N2O2/c1-17-13-5-2-4-10-11(8-16-14(10)13)12-9-18-7-3-6-15-12/h2,4-5,8,12,15-16H,3,6-7,9H2,1H3. The Bertz CT molecular complexity index is 528. The minimum Gasteiger partial charge on any atom is -0.495 e. The van der Waals surface area contributed by atoms with Crippen LogP contribution in [0.3, 0.4) is 0 Å². The van der Waals surface area contributed by atoms with E-state index in [2.05, 4.69) is 22.6 Å². The molecule has 4 heteroatoms. The van der Waals surface area contributed by atoms with Crippen LogP contribution in [-0.2, 0) is 4.74 Å². The van der Waals surface area contributed by atoms with Crippen molar-refractivity contribution in [1.82, 2.24) is 10.3 Å². The largest absolute Gasteiger partial charge is 0.495 e. The highest BCUT2D eigenvalue weighted by atomic mass is 16.5. The van der Waals surface area contributed by atoms with E-state index in [9.17, 15) is 0 Å². The van der Waals surface area contributed by atoms with Crippen LogP contribution in [0.2, 0.25) is 0 Å². The summed E-state index contributed by atoms with van der Waals surface area (Å²) in [5, 5.41) is 4.73. The predicted molar refractivity (Wildman–Crippen MR) is 71.0 cm³/mol. The first-order valence-corrected chi connectivity index (χ1v) is 6.35. The van der Waals surface area contributed by atoms with Crippen LogP contribution in [0, 0.1) is 0 Å². The SMILES string of the molecule is COc1cccc2c(C3COCCCN3)c[nH]c12. The van der Waals surface area contributed by atoms with Crippen LogP contribution in [0.15, 0.2) is 24.4 Å². The Morgan fingerprint density at radius 1 is 1.39 bits per heavy atom. The number of benzene rings is 1. The van der Waals surface area contributed by atoms with E-state index in [0.29, 0.717) is 0 Å². The number of rotatable bonds is 2. The number of methoxy groups -OCH3 is 1. The second-order valence-electron chi connectivity index (χ2n) is 4.56. The maximum atomic E-state index is 5.63. The summed E-state index contributed by atoms with van der Waals surface area (Å²) in [7, 11) is 1.70. The van der Waals surface area contributed by atoms with E-state index in [-0.39, 0.29) is 6.04 Å². The summed E-state index contributed by atoms with van der Waals surface area (Å²) < 4.78 is 11.0. The Balaban J connectivity index is 2.01. The number of hydrogen-bond acceptors (Lipinski definition) is 3. The van der Waals surface area contributed by atoms with Crippen molar-refractivity contribution in [3.05, 3.63) is 30.0 Å². The van der Waals surface area contributed by atoms with Crippen molar-refractivity contribution >= 4 is 10.9 Å². The van der Waals surface area contributed by atoms with Gasteiger partial charge in [-0.25, -0.2) is 0 Å². The minimum atomic E-state index is 0.258. The van der Waals surface area contributed by atoms with Crippen molar-refractivity contribution < 1.29 is 9.47 Å². The fourth-order valence-corrected chi connectivity index (χ4v) is 2.52. The smallest absolute Gasteiger partial charge is 0.142 e. The molecule has 0 amide bonds. The lowest BCUT2D eigenvalue weighted by molar-refractivity contribution is 0.132. The van der Waals surface area contributed by atoms with E-state index in [1.54, 1.807) is 7.11 Å². The zero-order valence-electron chi connectivity index (χ0n) is 10.5. The average molecular weight is 246 g/mol. The van der Waals surface area contributed by atoms with Gasteiger partial charge in [0.25, 0.3) is 0 Å². The minimum absolute atomic E-state index is 0.258. The van der Waals surface area contributed by atoms with Crippen molar-refractivity contribution in [2.45, 2.75) is 12.5 Å². The van der Waals surface area contributed by atoms with Gasteiger partial charge in [0.15, 0.2) is 0 Å². The lowest BCUT2D eigenvalue weighted by atomic mass is 10.1. The molecule has 2 N–H and O–H groups in total. The first-order chi connectivity index (χ1) is 8.90. The molecule has 0 aliphatic carbocycles. The Kier molecular flexibility index (Phi) is 3.21. The monoisotopic (exact) mass is 246 g/mol. The van der Waals surface area contributed by atoms with E-state index in [1.165, 1.54) is 10.9 Å². The van der Waals surface area contributed by atoms with Crippen LogP contribution in [0.25, 0.3) is 10.9 Å². The van der Waals surface area contributed by atoms with Gasteiger partial charge in [-0.2, -0.15) is 0 Å². The highest BCUT2D eigenvalue weighted by Gasteiger charge is 2.18. The number of nitrogens with one attached hydrogen (secondary N) is 2. The summed E-state index contributed by atoms with van der Waals surface area (Å²) in [4.78, 5) is 3.30. The van der Waals surface area contributed by atoms with Crippen molar-refractivity contribution in [2.75, 3.05) is 26.9 Å². The molecule has 2 heterocycles. The molecular formula is C14H18N2O2.